The van der Waals surface area contributed by atoms with E-state index in [2.05, 4.69) is 5.32 Å². The molecule has 0 fully saturated rings. The van der Waals surface area contributed by atoms with E-state index in [1.165, 1.54) is 0 Å². The molecule has 0 atom stereocenters. The fourth-order valence-corrected chi connectivity index (χ4v) is 2.25. The molecule has 1 N–H and O–H groups in total. The summed E-state index contributed by atoms with van der Waals surface area (Å²) >= 11 is 0. The van der Waals surface area contributed by atoms with Crippen molar-refractivity contribution in [3.8, 4) is 0 Å². The highest BCUT2D eigenvalue weighted by Crippen LogP contribution is 2.07. The zero-order valence-electron chi connectivity index (χ0n) is 16.8. The Kier molecular flexibility index (Phi) is 16.2. The molecule has 0 radical (unpaired) electrons. The second-order valence-corrected chi connectivity index (χ2v) is 7.19. The van der Waals surface area contributed by atoms with Crippen LogP contribution in [0.3, 0.4) is 0 Å². The molecular formula is C20H39NO4. The first kappa shape index (κ1) is 24.2. The highest BCUT2D eigenvalue weighted by molar-refractivity contribution is 5.80. The summed E-state index contributed by atoms with van der Waals surface area (Å²) in [6.45, 7) is 11.0. The normalized spacial score (nSPS) is 11.4. The van der Waals surface area contributed by atoms with E-state index in [1.807, 2.05) is 27.7 Å². The molecule has 25 heavy (non-hydrogen) atoms. The summed E-state index contributed by atoms with van der Waals surface area (Å²) in [6.07, 6.45) is 6.28. The van der Waals surface area contributed by atoms with Crippen LogP contribution < -0.4 is 5.32 Å². The number of carbonyl (C=O) groups is 2. The molecule has 5 nitrogen and oxygen atoms in total. The molecule has 0 spiro atoms. The van der Waals surface area contributed by atoms with Gasteiger partial charge in [-0.15, -0.1) is 0 Å². The van der Waals surface area contributed by atoms with Crippen molar-refractivity contribution in [3.05, 3.63) is 0 Å². The molecular weight excluding hydrogens is 318 g/mol. The van der Waals surface area contributed by atoms with E-state index in [0.717, 1.165) is 38.7 Å². The fourth-order valence-electron chi connectivity index (χ4n) is 2.25. The van der Waals surface area contributed by atoms with Gasteiger partial charge in [0, 0.05) is 38.0 Å². The third kappa shape index (κ3) is 17.8. The summed E-state index contributed by atoms with van der Waals surface area (Å²) in [7, 11) is 0. The van der Waals surface area contributed by atoms with E-state index >= 15 is 0 Å². The van der Waals surface area contributed by atoms with Gasteiger partial charge in [0.2, 0.25) is 0 Å². The minimum Gasteiger partial charge on any atom is -0.379 e. The van der Waals surface area contributed by atoms with Crippen LogP contribution >= 0.6 is 0 Å². The Hall–Kier alpha value is -0.780. The van der Waals surface area contributed by atoms with Crippen LogP contribution in [0.15, 0.2) is 0 Å². The van der Waals surface area contributed by atoms with Crippen molar-refractivity contribution in [1.29, 1.82) is 0 Å². The van der Waals surface area contributed by atoms with E-state index < -0.39 is 0 Å². The van der Waals surface area contributed by atoms with Crippen molar-refractivity contribution in [2.24, 2.45) is 5.92 Å². The molecule has 0 aromatic carbocycles. The number of nitrogens with one attached hydrogen (secondary N) is 1. The molecule has 0 bridgehead atoms. The van der Waals surface area contributed by atoms with Crippen molar-refractivity contribution < 1.29 is 19.1 Å². The van der Waals surface area contributed by atoms with E-state index in [9.17, 15) is 9.59 Å². The predicted octanol–water partition coefficient (Wildman–Crippen LogP) is 3.54. The van der Waals surface area contributed by atoms with E-state index in [1.54, 1.807) is 0 Å². The highest BCUT2D eigenvalue weighted by Gasteiger charge is 2.05. The number of rotatable bonds is 18. The van der Waals surface area contributed by atoms with Gasteiger partial charge in [-0.3, -0.25) is 9.59 Å². The second-order valence-electron chi connectivity index (χ2n) is 7.19. The number of ketones is 2. The average molecular weight is 358 g/mol. The third-order valence-electron chi connectivity index (χ3n) is 3.93. The second kappa shape index (κ2) is 16.7. The maximum absolute atomic E-state index is 11.5. The first-order valence-corrected chi connectivity index (χ1v) is 9.86. The lowest BCUT2D eigenvalue weighted by Gasteiger charge is -2.08. The van der Waals surface area contributed by atoms with Crippen LogP contribution in [0.25, 0.3) is 0 Å². The van der Waals surface area contributed by atoms with Gasteiger partial charge < -0.3 is 14.8 Å². The highest BCUT2D eigenvalue weighted by atomic mass is 16.5. The van der Waals surface area contributed by atoms with Gasteiger partial charge in [0.1, 0.15) is 11.6 Å². The number of ether oxygens (including phenoxy) is 2. The Morgan fingerprint density at radius 1 is 0.760 bits per heavy atom. The van der Waals surface area contributed by atoms with E-state index in [-0.39, 0.29) is 11.7 Å². The molecule has 0 rings (SSSR count). The maximum atomic E-state index is 11.5. The molecule has 0 saturated heterocycles. The molecule has 0 aromatic heterocycles. The SMILES string of the molecule is CC(C)NCC(=O)CCCOCCOCCCCCCC(=O)C(C)C. The summed E-state index contributed by atoms with van der Waals surface area (Å²) in [6, 6.07) is 0.347. The summed E-state index contributed by atoms with van der Waals surface area (Å²) in [4.78, 5) is 23.0. The molecule has 0 aliphatic heterocycles. The van der Waals surface area contributed by atoms with E-state index in [0.29, 0.717) is 51.0 Å². The van der Waals surface area contributed by atoms with Crippen molar-refractivity contribution in [2.45, 2.75) is 78.7 Å². The number of hydrogen-bond donors (Lipinski definition) is 1. The molecule has 0 saturated carbocycles. The quantitative estimate of drug-likeness (QED) is 0.380. The number of unbranched alkanes of at least 4 members (excludes halogenated alkanes) is 3. The molecule has 0 unspecified atom stereocenters. The predicted molar refractivity (Wildman–Crippen MR) is 102 cm³/mol. The number of hydrogen-bond acceptors (Lipinski definition) is 5. The molecule has 0 aliphatic carbocycles. The molecule has 5 heteroatoms. The van der Waals surface area contributed by atoms with Gasteiger partial charge >= 0.3 is 0 Å². The van der Waals surface area contributed by atoms with Gasteiger partial charge in [-0.2, -0.15) is 0 Å². The van der Waals surface area contributed by atoms with Gasteiger partial charge in [0.25, 0.3) is 0 Å². The Bertz CT molecular complexity index is 343. The lowest BCUT2D eigenvalue weighted by molar-refractivity contribution is -0.122. The smallest absolute Gasteiger partial charge is 0.146 e. The minimum absolute atomic E-state index is 0.165. The summed E-state index contributed by atoms with van der Waals surface area (Å²) in [5, 5.41) is 3.12. The maximum Gasteiger partial charge on any atom is 0.146 e. The van der Waals surface area contributed by atoms with Crippen LogP contribution in [0.5, 0.6) is 0 Å². The molecule has 0 aromatic rings. The monoisotopic (exact) mass is 357 g/mol. The lowest BCUT2D eigenvalue weighted by Crippen LogP contribution is -2.29. The Labute approximate surface area is 154 Å². The average Bonchev–Trinajstić information content (AvgIpc) is 2.56. The lowest BCUT2D eigenvalue weighted by atomic mass is 10.0. The Balaban J connectivity index is 3.19. The largest absolute Gasteiger partial charge is 0.379 e. The van der Waals surface area contributed by atoms with Crippen LogP contribution in [0.1, 0.15) is 72.6 Å². The zero-order valence-corrected chi connectivity index (χ0v) is 16.8. The van der Waals surface area contributed by atoms with Crippen molar-refractivity contribution in [2.75, 3.05) is 33.0 Å². The Morgan fingerprint density at radius 3 is 1.96 bits per heavy atom. The zero-order chi connectivity index (χ0) is 18.9. The van der Waals surface area contributed by atoms with Crippen LogP contribution in [0.4, 0.5) is 0 Å². The topological polar surface area (TPSA) is 64.6 Å². The summed E-state index contributed by atoms with van der Waals surface area (Å²) < 4.78 is 11.0. The number of carbonyl (C=O) groups excluding carboxylic acids is 2. The third-order valence-corrected chi connectivity index (χ3v) is 3.93. The summed E-state index contributed by atoms with van der Waals surface area (Å²) in [5.74, 6) is 0.771. The standard InChI is InChI=1S/C20H39NO4/c1-17(2)20(23)11-7-5-6-8-12-24-14-15-25-13-9-10-19(22)16-21-18(3)4/h17-18,21H,5-16H2,1-4H3. The Morgan fingerprint density at radius 2 is 1.36 bits per heavy atom. The van der Waals surface area contributed by atoms with Crippen LogP contribution in [0, 0.1) is 5.92 Å². The van der Waals surface area contributed by atoms with Crippen LogP contribution in [-0.2, 0) is 19.1 Å². The van der Waals surface area contributed by atoms with Crippen molar-refractivity contribution in [1.82, 2.24) is 5.32 Å². The molecule has 0 amide bonds. The first-order chi connectivity index (χ1) is 11.9. The molecule has 148 valence electrons. The van der Waals surface area contributed by atoms with Gasteiger partial charge in [0.05, 0.1) is 19.8 Å². The number of Topliss-reactive ketones (excluding diaryl/α,β-unsaturated/α-hetero) is 2. The fraction of sp³-hybridized carbons (Fsp3) is 0.900. The van der Waals surface area contributed by atoms with Gasteiger partial charge in [-0.1, -0.05) is 40.5 Å². The van der Waals surface area contributed by atoms with Crippen LogP contribution in [-0.4, -0.2) is 50.6 Å². The van der Waals surface area contributed by atoms with Gasteiger partial charge in [-0.05, 0) is 19.3 Å². The van der Waals surface area contributed by atoms with E-state index in [4.69, 9.17) is 9.47 Å². The van der Waals surface area contributed by atoms with Crippen molar-refractivity contribution in [3.63, 3.8) is 0 Å². The minimum atomic E-state index is 0.165. The molecule has 0 heterocycles. The first-order valence-electron chi connectivity index (χ1n) is 9.86. The van der Waals surface area contributed by atoms with Gasteiger partial charge in [-0.25, -0.2) is 0 Å². The van der Waals surface area contributed by atoms with Crippen LogP contribution in [0.2, 0.25) is 0 Å². The van der Waals surface area contributed by atoms with Gasteiger partial charge in [0.15, 0.2) is 0 Å². The van der Waals surface area contributed by atoms with Crippen molar-refractivity contribution >= 4 is 11.6 Å². The molecule has 0 aliphatic rings. The summed E-state index contributed by atoms with van der Waals surface area (Å²) in [5.41, 5.74) is 0.